The lowest BCUT2D eigenvalue weighted by atomic mass is 10.0. The number of benzene rings is 1. The van der Waals surface area contributed by atoms with Crippen LogP contribution in [-0.2, 0) is 9.53 Å². The monoisotopic (exact) mass is 331 g/mol. The maximum atomic E-state index is 11.8. The van der Waals surface area contributed by atoms with Crippen LogP contribution in [0, 0.1) is 0 Å². The van der Waals surface area contributed by atoms with Crippen molar-refractivity contribution >= 4 is 29.2 Å². The summed E-state index contributed by atoms with van der Waals surface area (Å²) in [5.41, 5.74) is 0. The molecule has 1 saturated heterocycles. The Bertz CT molecular complexity index is 496. The van der Waals surface area contributed by atoms with Crippen molar-refractivity contribution < 1.29 is 14.3 Å². The quantitative estimate of drug-likeness (QED) is 0.775. The first-order chi connectivity index (χ1) is 10.1. The second-order valence-electron chi connectivity index (χ2n) is 4.99. The van der Waals surface area contributed by atoms with Gasteiger partial charge in [0.25, 0.3) is 0 Å². The number of hydrogen-bond donors (Lipinski definition) is 0. The predicted molar refractivity (Wildman–Crippen MR) is 83.2 cm³/mol. The zero-order chi connectivity index (χ0) is 15.2. The van der Waals surface area contributed by atoms with Gasteiger partial charge in [-0.25, -0.2) is 0 Å². The van der Waals surface area contributed by atoms with Gasteiger partial charge < -0.3 is 9.47 Å². The van der Waals surface area contributed by atoms with Crippen LogP contribution in [0.1, 0.15) is 19.3 Å². The van der Waals surface area contributed by atoms with Crippen LogP contribution in [0.2, 0.25) is 10.0 Å². The Labute approximate surface area is 134 Å². The molecule has 0 radical (unpaired) electrons. The predicted octanol–water partition coefficient (Wildman–Crippen LogP) is 3.40. The molecule has 2 rings (SSSR count). The van der Waals surface area contributed by atoms with Gasteiger partial charge in [0.15, 0.2) is 0 Å². The SMILES string of the molecule is COC(=O)C1CCCCN1CCOc1cc(Cl)ccc1Cl. The summed E-state index contributed by atoms with van der Waals surface area (Å²) in [6.07, 6.45) is 2.98. The maximum absolute atomic E-state index is 11.8. The zero-order valence-electron chi connectivity index (χ0n) is 12.0. The number of rotatable bonds is 5. The van der Waals surface area contributed by atoms with Crippen LogP contribution in [0.15, 0.2) is 18.2 Å². The molecule has 1 aromatic carbocycles. The van der Waals surface area contributed by atoms with Gasteiger partial charge in [0.1, 0.15) is 18.4 Å². The summed E-state index contributed by atoms with van der Waals surface area (Å²) in [5, 5.41) is 1.11. The molecule has 0 N–H and O–H groups in total. The van der Waals surface area contributed by atoms with Gasteiger partial charge >= 0.3 is 5.97 Å². The van der Waals surface area contributed by atoms with Crippen LogP contribution in [0.25, 0.3) is 0 Å². The van der Waals surface area contributed by atoms with Crippen molar-refractivity contribution in [3.63, 3.8) is 0 Å². The molecule has 21 heavy (non-hydrogen) atoms. The Balaban J connectivity index is 1.89. The number of methoxy groups -OCH3 is 1. The summed E-state index contributed by atoms with van der Waals surface area (Å²) in [5.74, 6) is 0.395. The topological polar surface area (TPSA) is 38.8 Å². The van der Waals surface area contributed by atoms with E-state index in [0.717, 1.165) is 25.8 Å². The van der Waals surface area contributed by atoms with E-state index in [1.54, 1.807) is 18.2 Å². The minimum atomic E-state index is -0.171. The van der Waals surface area contributed by atoms with Gasteiger partial charge in [-0.05, 0) is 31.5 Å². The molecule has 0 aromatic heterocycles. The summed E-state index contributed by atoms with van der Waals surface area (Å²) in [6.45, 7) is 1.99. The van der Waals surface area contributed by atoms with Gasteiger partial charge in [-0.3, -0.25) is 9.69 Å². The largest absolute Gasteiger partial charge is 0.491 e. The Kier molecular flexibility index (Phi) is 6.15. The summed E-state index contributed by atoms with van der Waals surface area (Å²) in [7, 11) is 1.43. The van der Waals surface area contributed by atoms with E-state index >= 15 is 0 Å². The molecule has 0 saturated carbocycles. The molecule has 0 spiro atoms. The van der Waals surface area contributed by atoms with Gasteiger partial charge in [-0.15, -0.1) is 0 Å². The number of piperidine rings is 1. The second-order valence-corrected chi connectivity index (χ2v) is 5.84. The fraction of sp³-hybridized carbons (Fsp3) is 0.533. The van der Waals surface area contributed by atoms with Crippen LogP contribution in [0.5, 0.6) is 5.75 Å². The Morgan fingerprint density at radius 3 is 2.95 bits per heavy atom. The van der Waals surface area contributed by atoms with E-state index in [-0.39, 0.29) is 12.0 Å². The van der Waals surface area contributed by atoms with Crippen LogP contribution in [-0.4, -0.2) is 43.7 Å². The Morgan fingerprint density at radius 2 is 2.19 bits per heavy atom. The molecular formula is C15H19Cl2NO3. The second kappa shape index (κ2) is 7.87. The molecule has 1 heterocycles. The van der Waals surface area contributed by atoms with Gasteiger partial charge in [-0.2, -0.15) is 0 Å². The maximum Gasteiger partial charge on any atom is 0.323 e. The van der Waals surface area contributed by atoms with Crippen LogP contribution in [0.3, 0.4) is 0 Å². The smallest absolute Gasteiger partial charge is 0.323 e. The third kappa shape index (κ3) is 4.50. The molecule has 1 fully saturated rings. The van der Waals surface area contributed by atoms with Gasteiger partial charge in [0.05, 0.1) is 12.1 Å². The first-order valence-corrected chi connectivity index (χ1v) is 7.77. The Morgan fingerprint density at radius 1 is 1.38 bits per heavy atom. The number of carbonyl (C=O) groups is 1. The van der Waals surface area contributed by atoms with Crippen molar-refractivity contribution in [3.8, 4) is 5.75 Å². The number of carbonyl (C=O) groups excluding carboxylic acids is 1. The minimum Gasteiger partial charge on any atom is -0.491 e. The number of halogens is 2. The van der Waals surface area contributed by atoms with E-state index in [1.165, 1.54) is 7.11 Å². The van der Waals surface area contributed by atoms with Crippen molar-refractivity contribution in [1.82, 2.24) is 4.90 Å². The fourth-order valence-corrected chi connectivity index (χ4v) is 2.86. The summed E-state index contributed by atoms with van der Waals surface area (Å²) in [4.78, 5) is 13.9. The highest BCUT2D eigenvalue weighted by atomic mass is 35.5. The Hall–Kier alpha value is -0.970. The molecule has 1 aromatic rings. The van der Waals surface area contributed by atoms with E-state index < -0.39 is 0 Å². The van der Waals surface area contributed by atoms with E-state index in [4.69, 9.17) is 32.7 Å². The number of likely N-dealkylation sites (tertiary alicyclic amines) is 1. The lowest BCUT2D eigenvalue weighted by Gasteiger charge is -2.33. The molecule has 1 aliphatic heterocycles. The third-order valence-corrected chi connectivity index (χ3v) is 4.16. The van der Waals surface area contributed by atoms with E-state index in [1.807, 2.05) is 0 Å². The highest BCUT2D eigenvalue weighted by Crippen LogP contribution is 2.27. The van der Waals surface area contributed by atoms with Crippen LogP contribution in [0.4, 0.5) is 0 Å². The fourth-order valence-electron chi connectivity index (χ4n) is 2.52. The van der Waals surface area contributed by atoms with Crippen molar-refractivity contribution in [2.75, 3.05) is 26.8 Å². The van der Waals surface area contributed by atoms with Crippen LogP contribution >= 0.6 is 23.2 Å². The zero-order valence-corrected chi connectivity index (χ0v) is 13.5. The lowest BCUT2D eigenvalue weighted by molar-refractivity contribution is -0.148. The first kappa shape index (κ1) is 16.4. The van der Waals surface area contributed by atoms with E-state index in [2.05, 4.69) is 4.90 Å². The molecular weight excluding hydrogens is 313 g/mol. The summed E-state index contributed by atoms with van der Waals surface area (Å²) >= 11 is 12.0. The summed E-state index contributed by atoms with van der Waals surface area (Å²) in [6, 6.07) is 4.95. The number of nitrogens with zero attached hydrogens (tertiary/aromatic N) is 1. The van der Waals surface area contributed by atoms with Gasteiger partial charge in [0, 0.05) is 17.6 Å². The molecule has 1 aliphatic rings. The number of ether oxygens (including phenoxy) is 2. The minimum absolute atomic E-state index is 0.165. The van der Waals surface area contributed by atoms with Crippen molar-refractivity contribution in [2.45, 2.75) is 25.3 Å². The van der Waals surface area contributed by atoms with Crippen LogP contribution < -0.4 is 4.74 Å². The molecule has 0 bridgehead atoms. The third-order valence-electron chi connectivity index (χ3n) is 3.62. The van der Waals surface area contributed by atoms with Crippen molar-refractivity contribution in [3.05, 3.63) is 28.2 Å². The number of esters is 1. The lowest BCUT2D eigenvalue weighted by Crippen LogP contribution is -2.46. The first-order valence-electron chi connectivity index (χ1n) is 7.01. The van der Waals surface area contributed by atoms with Crippen molar-refractivity contribution in [2.24, 2.45) is 0 Å². The normalized spacial score (nSPS) is 19.3. The molecule has 1 unspecified atom stereocenters. The molecule has 0 amide bonds. The van der Waals surface area contributed by atoms with E-state index in [9.17, 15) is 4.79 Å². The molecule has 0 aliphatic carbocycles. The molecule has 1 atom stereocenters. The average molecular weight is 332 g/mol. The highest BCUT2D eigenvalue weighted by molar-refractivity contribution is 6.34. The highest BCUT2D eigenvalue weighted by Gasteiger charge is 2.29. The average Bonchev–Trinajstić information content (AvgIpc) is 2.50. The standard InChI is InChI=1S/C15H19Cl2NO3/c1-20-15(19)13-4-2-3-7-18(13)8-9-21-14-10-11(16)5-6-12(14)17/h5-6,10,13H,2-4,7-9H2,1H3. The molecule has 4 nitrogen and oxygen atoms in total. The van der Waals surface area contributed by atoms with E-state index in [0.29, 0.717) is 28.9 Å². The summed E-state index contributed by atoms with van der Waals surface area (Å²) < 4.78 is 10.5. The van der Waals surface area contributed by atoms with Gasteiger partial charge in [0.2, 0.25) is 0 Å². The van der Waals surface area contributed by atoms with Crippen molar-refractivity contribution in [1.29, 1.82) is 0 Å². The van der Waals surface area contributed by atoms with Gasteiger partial charge in [-0.1, -0.05) is 29.6 Å². The number of hydrogen-bond acceptors (Lipinski definition) is 4. The molecule has 6 heteroatoms. The molecule has 116 valence electrons.